The van der Waals surface area contributed by atoms with Gasteiger partial charge in [-0.25, -0.2) is 0 Å². The second-order valence-electron chi connectivity index (χ2n) is 5.86. The number of hydrogen-bond acceptors (Lipinski definition) is 1. The van der Waals surface area contributed by atoms with Crippen molar-refractivity contribution >= 4 is 17.4 Å². The van der Waals surface area contributed by atoms with Gasteiger partial charge >= 0.3 is 0 Å². The van der Waals surface area contributed by atoms with Crippen LogP contribution in [0, 0.1) is 18.8 Å². The fraction of sp³-hybridized carbons (Fsp3) is 0.588. The predicted octanol–water partition coefficient (Wildman–Crippen LogP) is 4.98. The van der Waals surface area contributed by atoms with Crippen LogP contribution >= 0.6 is 11.6 Å². The molecule has 0 unspecified atom stereocenters. The molecular weight excluding hydrogens is 256 g/mol. The Morgan fingerprint density at radius 1 is 1.26 bits per heavy atom. The maximum absolute atomic E-state index is 12.3. The average molecular weight is 279 g/mol. The molecule has 0 saturated heterocycles. The zero-order valence-corrected chi connectivity index (χ0v) is 12.7. The van der Waals surface area contributed by atoms with Crippen molar-refractivity contribution in [1.82, 2.24) is 0 Å². The van der Waals surface area contributed by atoms with Gasteiger partial charge in [-0.1, -0.05) is 37.1 Å². The molecule has 0 heterocycles. The van der Waals surface area contributed by atoms with Gasteiger partial charge in [0, 0.05) is 17.4 Å². The molecule has 104 valence electrons. The number of hydrogen-bond donors (Lipinski definition) is 0. The van der Waals surface area contributed by atoms with E-state index in [0.717, 1.165) is 34.9 Å². The lowest BCUT2D eigenvalue weighted by atomic mass is 9.78. The first-order chi connectivity index (χ1) is 9.10. The van der Waals surface area contributed by atoms with Crippen LogP contribution in [-0.4, -0.2) is 5.78 Å². The Bertz CT molecular complexity index is 445. The van der Waals surface area contributed by atoms with E-state index >= 15 is 0 Å². The predicted molar refractivity (Wildman–Crippen MR) is 80.6 cm³/mol. The van der Waals surface area contributed by atoms with Crippen molar-refractivity contribution < 1.29 is 4.79 Å². The van der Waals surface area contributed by atoms with E-state index < -0.39 is 0 Å². The molecule has 1 aliphatic carbocycles. The topological polar surface area (TPSA) is 17.1 Å². The largest absolute Gasteiger partial charge is 0.299 e. The molecule has 0 bridgehead atoms. The standard InChI is InChI=1S/C17H23ClO/c1-3-13-5-8-14(9-6-13)17(19)11-15-7-4-12(2)10-16(15)18/h4,7,10,13-14H,3,5-6,8-9,11H2,1-2H3. The third-order valence-corrected chi connectivity index (χ3v) is 4.80. The summed E-state index contributed by atoms with van der Waals surface area (Å²) in [5, 5.41) is 0.732. The Kier molecular flexibility index (Phi) is 5.04. The molecule has 19 heavy (non-hydrogen) atoms. The molecule has 0 aliphatic heterocycles. The van der Waals surface area contributed by atoms with Gasteiger partial charge in [-0.05, 0) is 55.7 Å². The SMILES string of the molecule is CCC1CCC(C(=O)Cc2ccc(C)cc2Cl)CC1. The summed E-state index contributed by atoms with van der Waals surface area (Å²) in [4.78, 5) is 12.3. The Morgan fingerprint density at radius 3 is 2.53 bits per heavy atom. The third kappa shape index (κ3) is 3.82. The maximum atomic E-state index is 12.3. The number of aryl methyl sites for hydroxylation is 1. The number of Topliss-reactive ketones (excluding diaryl/α,β-unsaturated/α-hetero) is 1. The Morgan fingerprint density at radius 2 is 1.95 bits per heavy atom. The van der Waals surface area contributed by atoms with E-state index in [1.165, 1.54) is 19.3 Å². The number of halogens is 1. The zero-order valence-electron chi connectivity index (χ0n) is 11.9. The summed E-state index contributed by atoms with van der Waals surface area (Å²) in [6.45, 7) is 4.27. The highest BCUT2D eigenvalue weighted by Crippen LogP contribution is 2.32. The Balaban J connectivity index is 1.94. The first-order valence-electron chi connectivity index (χ1n) is 7.38. The highest BCUT2D eigenvalue weighted by atomic mass is 35.5. The Labute approximate surface area is 121 Å². The van der Waals surface area contributed by atoms with Gasteiger partial charge in [0.05, 0.1) is 0 Å². The molecule has 1 aromatic carbocycles. The van der Waals surface area contributed by atoms with Crippen molar-refractivity contribution in [3.8, 4) is 0 Å². The highest BCUT2D eigenvalue weighted by molar-refractivity contribution is 6.31. The number of carbonyl (C=O) groups excluding carboxylic acids is 1. The number of ketones is 1. The summed E-state index contributed by atoms with van der Waals surface area (Å²) in [6, 6.07) is 5.97. The van der Waals surface area contributed by atoms with E-state index in [1.807, 2.05) is 25.1 Å². The molecule has 1 nitrogen and oxygen atoms in total. The lowest BCUT2D eigenvalue weighted by molar-refractivity contribution is -0.123. The molecule has 0 atom stereocenters. The summed E-state index contributed by atoms with van der Waals surface area (Å²) >= 11 is 6.21. The minimum Gasteiger partial charge on any atom is -0.299 e. The summed E-state index contributed by atoms with van der Waals surface area (Å²) < 4.78 is 0. The van der Waals surface area contributed by atoms with E-state index in [-0.39, 0.29) is 5.92 Å². The summed E-state index contributed by atoms with van der Waals surface area (Å²) in [5.41, 5.74) is 2.12. The van der Waals surface area contributed by atoms with Crippen molar-refractivity contribution in [2.75, 3.05) is 0 Å². The number of rotatable bonds is 4. The van der Waals surface area contributed by atoms with E-state index in [2.05, 4.69) is 6.92 Å². The van der Waals surface area contributed by atoms with Crippen LogP contribution in [0.15, 0.2) is 18.2 Å². The fourth-order valence-corrected chi connectivity index (χ4v) is 3.32. The molecule has 1 saturated carbocycles. The molecule has 0 aromatic heterocycles. The van der Waals surface area contributed by atoms with Crippen molar-refractivity contribution in [3.05, 3.63) is 34.3 Å². The van der Waals surface area contributed by atoms with Crippen molar-refractivity contribution in [3.63, 3.8) is 0 Å². The first kappa shape index (κ1) is 14.6. The van der Waals surface area contributed by atoms with Gasteiger partial charge in [0.2, 0.25) is 0 Å². The zero-order chi connectivity index (χ0) is 13.8. The second kappa shape index (κ2) is 6.56. The van der Waals surface area contributed by atoms with Crippen LogP contribution in [0.4, 0.5) is 0 Å². The summed E-state index contributed by atoms with van der Waals surface area (Å²) in [7, 11) is 0. The van der Waals surface area contributed by atoms with Gasteiger partial charge in [0.1, 0.15) is 5.78 Å². The average Bonchev–Trinajstić information content (AvgIpc) is 2.42. The van der Waals surface area contributed by atoms with Crippen LogP contribution in [0.2, 0.25) is 5.02 Å². The highest BCUT2D eigenvalue weighted by Gasteiger charge is 2.25. The molecule has 2 heteroatoms. The molecule has 0 spiro atoms. The molecule has 1 fully saturated rings. The second-order valence-corrected chi connectivity index (χ2v) is 6.27. The van der Waals surface area contributed by atoms with Gasteiger partial charge in [-0.3, -0.25) is 4.79 Å². The lowest BCUT2D eigenvalue weighted by Crippen LogP contribution is -2.23. The van der Waals surface area contributed by atoms with Gasteiger partial charge in [-0.2, -0.15) is 0 Å². The van der Waals surface area contributed by atoms with Crippen LogP contribution in [0.3, 0.4) is 0 Å². The smallest absolute Gasteiger partial charge is 0.140 e. The molecule has 1 aliphatic rings. The molecule has 0 radical (unpaired) electrons. The molecule has 1 aromatic rings. The maximum Gasteiger partial charge on any atom is 0.140 e. The molecule has 0 amide bonds. The van der Waals surface area contributed by atoms with E-state index in [1.54, 1.807) is 0 Å². The number of benzene rings is 1. The monoisotopic (exact) mass is 278 g/mol. The summed E-state index contributed by atoms with van der Waals surface area (Å²) in [5.74, 6) is 1.48. The van der Waals surface area contributed by atoms with Crippen LogP contribution in [0.1, 0.15) is 50.2 Å². The first-order valence-corrected chi connectivity index (χ1v) is 7.75. The van der Waals surface area contributed by atoms with Crippen LogP contribution in [0.25, 0.3) is 0 Å². The van der Waals surface area contributed by atoms with Crippen LogP contribution < -0.4 is 0 Å². The third-order valence-electron chi connectivity index (χ3n) is 4.45. The molecule has 2 rings (SSSR count). The summed E-state index contributed by atoms with van der Waals surface area (Å²) in [6.07, 6.45) is 6.33. The van der Waals surface area contributed by atoms with Crippen LogP contribution in [-0.2, 0) is 11.2 Å². The van der Waals surface area contributed by atoms with Gasteiger partial charge in [-0.15, -0.1) is 0 Å². The van der Waals surface area contributed by atoms with Gasteiger partial charge < -0.3 is 0 Å². The van der Waals surface area contributed by atoms with Gasteiger partial charge in [0.25, 0.3) is 0 Å². The quantitative estimate of drug-likeness (QED) is 0.759. The van der Waals surface area contributed by atoms with Crippen molar-refractivity contribution in [2.24, 2.45) is 11.8 Å². The number of carbonyl (C=O) groups is 1. The van der Waals surface area contributed by atoms with Crippen molar-refractivity contribution in [2.45, 2.75) is 52.4 Å². The fourth-order valence-electron chi connectivity index (χ4n) is 3.02. The lowest BCUT2D eigenvalue weighted by Gasteiger charge is -2.26. The van der Waals surface area contributed by atoms with Crippen LogP contribution in [0.5, 0.6) is 0 Å². The molecular formula is C17H23ClO. The van der Waals surface area contributed by atoms with E-state index in [9.17, 15) is 4.79 Å². The minimum absolute atomic E-state index is 0.264. The van der Waals surface area contributed by atoms with E-state index in [0.29, 0.717) is 12.2 Å². The van der Waals surface area contributed by atoms with E-state index in [4.69, 9.17) is 11.6 Å². The molecule has 0 N–H and O–H groups in total. The Hall–Kier alpha value is -0.820. The van der Waals surface area contributed by atoms with Crippen molar-refractivity contribution in [1.29, 1.82) is 0 Å². The minimum atomic E-state index is 0.264. The van der Waals surface area contributed by atoms with Gasteiger partial charge in [0.15, 0.2) is 0 Å². The normalized spacial score (nSPS) is 23.3.